The van der Waals surface area contributed by atoms with Crippen LogP contribution in [-0.2, 0) is 17.8 Å². The SMILES string of the molecule is O=C(O)C1c2ccccc2CCN1Cc1ncc(Cl)s1. The second-order valence-electron chi connectivity index (χ2n) is 4.72. The van der Waals surface area contributed by atoms with E-state index in [2.05, 4.69) is 4.98 Å². The van der Waals surface area contributed by atoms with Gasteiger partial charge in [-0.05, 0) is 17.5 Å². The van der Waals surface area contributed by atoms with Crippen LogP contribution in [0.15, 0.2) is 30.5 Å². The van der Waals surface area contributed by atoms with Crippen LogP contribution in [0.5, 0.6) is 0 Å². The van der Waals surface area contributed by atoms with E-state index in [1.54, 1.807) is 6.20 Å². The molecule has 1 aliphatic heterocycles. The summed E-state index contributed by atoms with van der Waals surface area (Å²) in [6.07, 6.45) is 2.47. The molecule has 2 heterocycles. The van der Waals surface area contributed by atoms with Crippen molar-refractivity contribution < 1.29 is 9.90 Å². The minimum Gasteiger partial charge on any atom is -0.480 e. The van der Waals surface area contributed by atoms with Gasteiger partial charge in [0.2, 0.25) is 0 Å². The molecule has 1 unspecified atom stereocenters. The summed E-state index contributed by atoms with van der Waals surface area (Å²) in [4.78, 5) is 17.8. The standard InChI is InChI=1S/C14H13ClN2O2S/c15-11-7-16-12(20-11)8-17-6-5-9-3-1-2-4-10(9)13(17)14(18)19/h1-4,7,13H,5-6,8H2,(H,18,19). The molecule has 20 heavy (non-hydrogen) atoms. The van der Waals surface area contributed by atoms with Crippen LogP contribution in [0, 0.1) is 0 Å². The molecule has 1 aliphatic rings. The highest BCUT2D eigenvalue weighted by Crippen LogP contribution is 2.32. The monoisotopic (exact) mass is 308 g/mol. The molecule has 0 amide bonds. The van der Waals surface area contributed by atoms with Crippen molar-refractivity contribution in [3.8, 4) is 0 Å². The molecule has 0 aliphatic carbocycles. The molecule has 1 N–H and O–H groups in total. The van der Waals surface area contributed by atoms with Crippen molar-refractivity contribution >= 4 is 28.9 Å². The highest BCUT2D eigenvalue weighted by atomic mass is 35.5. The molecule has 104 valence electrons. The number of hydrogen-bond donors (Lipinski definition) is 1. The van der Waals surface area contributed by atoms with Gasteiger partial charge >= 0.3 is 5.97 Å². The zero-order valence-electron chi connectivity index (χ0n) is 10.6. The minimum atomic E-state index is -0.820. The third-order valence-electron chi connectivity index (χ3n) is 3.48. The van der Waals surface area contributed by atoms with Gasteiger partial charge in [0.25, 0.3) is 0 Å². The summed E-state index contributed by atoms with van der Waals surface area (Å²) in [6, 6.07) is 7.13. The summed E-state index contributed by atoms with van der Waals surface area (Å²) in [5.41, 5.74) is 2.00. The lowest BCUT2D eigenvalue weighted by molar-refractivity contribution is -0.144. The number of fused-ring (bicyclic) bond motifs is 1. The van der Waals surface area contributed by atoms with Crippen molar-refractivity contribution in [1.82, 2.24) is 9.88 Å². The van der Waals surface area contributed by atoms with Crippen molar-refractivity contribution in [1.29, 1.82) is 0 Å². The van der Waals surface area contributed by atoms with E-state index in [0.717, 1.165) is 22.6 Å². The molecule has 0 saturated heterocycles. The van der Waals surface area contributed by atoms with Gasteiger partial charge in [0, 0.05) is 6.54 Å². The van der Waals surface area contributed by atoms with Gasteiger partial charge in [-0.15, -0.1) is 11.3 Å². The number of carboxylic acids is 1. The summed E-state index contributed by atoms with van der Waals surface area (Å²) in [5, 5.41) is 10.4. The summed E-state index contributed by atoms with van der Waals surface area (Å²) in [7, 11) is 0. The van der Waals surface area contributed by atoms with Gasteiger partial charge in [0.15, 0.2) is 0 Å². The molecule has 0 fully saturated rings. The fourth-order valence-electron chi connectivity index (χ4n) is 2.61. The first-order chi connectivity index (χ1) is 9.65. The number of nitrogens with zero attached hydrogens (tertiary/aromatic N) is 2. The Morgan fingerprint density at radius 3 is 3.00 bits per heavy atom. The molecule has 1 atom stereocenters. The van der Waals surface area contributed by atoms with Gasteiger partial charge in [-0.2, -0.15) is 0 Å². The van der Waals surface area contributed by atoms with Crippen molar-refractivity contribution in [3.05, 3.63) is 50.9 Å². The van der Waals surface area contributed by atoms with Crippen LogP contribution >= 0.6 is 22.9 Å². The third kappa shape index (κ3) is 2.57. The molecule has 0 saturated carbocycles. The van der Waals surface area contributed by atoms with Crippen LogP contribution in [0.4, 0.5) is 0 Å². The largest absolute Gasteiger partial charge is 0.480 e. The first-order valence-corrected chi connectivity index (χ1v) is 7.49. The van der Waals surface area contributed by atoms with Gasteiger partial charge in [0.1, 0.15) is 15.4 Å². The van der Waals surface area contributed by atoms with Crippen LogP contribution in [0.1, 0.15) is 22.2 Å². The van der Waals surface area contributed by atoms with E-state index in [-0.39, 0.29) is 0 Å². The fourth-order valence-corrected chi connectivity index (χ4v) is 3.60. The van der Waals surface area contributed by atoms with Crippen LogP contribution in [0.2, 0.25) is 4.34 Å². The number of halogens is 1. The Morgan fingerprint density at radius 1 is 1.50 bits per heavy atom. The van der Waals surface area contributed by atoms with E-state index < -0.39 is 12.0 Å². The number of carboxylic acid groups (broad SMARTS) is 1. The first-order valence-electron chi connectivity index (χ1n) is 6.30. The number of hydrogen-bond acceptors (Lipinski definition) is 4. The van der Waals surface area contributed by atoms with Crippen molar-refractivity contribution in [2.75, 3.05) is 6.54 Å². The van der Waals surface area contributed by atoms with Gasteiger partial charge in [-0.25, -0.2) is 4.98 Å². The van der Waals surface area contributed by atoms with Gasteiger partial charge in [-0.1, -0.05) is 35.9 Å². The second-order valence-corrected chi connectivity index (χ2v) is 6.46. The molecule has 0 radical (unpaired) electrons. The smallest absolute Gasteiger partial charge is 0.325 e. The van der Waals surface area contributed by atoms with E-state index in [1.807, 2.05) is 29.2 Å². The lowest BCUT2D eigenvalue weighted by atomic mass is 9.92. The van der Waals surface area contributed by atoms with Crippen molar-refractivity contribution in [2.24, 2.45) is 0 Å². The Balaban J connectivity index is 1.90. The zero-order valence-corrected chi connectivity index (χ0v) is 12.2. The Bertz CT molecular complexity index is 644. The lowest BCUT2D eigenvalue weighted by Crippen LogP contribution is -2.39. The normalized spacial score (nSPS) is 18.8. The summed E-state index contributed by atoms with van der Waals surface area (Å²) in [5.74, 6) is -0.820. The van der Waals surface area contributed by atoms with Crippen LogP contribution in [-0.4, -0.2) is 27.5 Å². The summed E-state index contributed by atoms with van der Waals surface area (Å²) in [6.45, 7) is 1.23. The average molecular weight is 309 g/mol. The Kier molecular flexibility index (Phi) is 3.74. The third-order valence-corrected chi connectivity index (χ3v) is 4.58. The Labute approximate surface area is 125 Å². The molecular formula is C14H13ClN2O2S. The number of rotatable bonds is 3. The van der Waals surface area contributed by atoms with Gasteiger partial charge in [0.05, 0.1) is 12.7 Å². The highest BCUT2D eigenvalue weighted by molar-refractivity contribution is 7.15. The van der Waals surface area contributed by atoms with E-state index in [4.69, 9.17) is 11.6 Å². The topological polar surface area (TPSA) is 53.4 Å². The van der Waals surface area contributed by atoms with Gasteiger partial charge < -0.3 is 5.11 Å². The molecule has 0 spiro atoms. The number of carbonyl (C=O) groups is 1. The summed E-state index contributed by atoms with van der Waals surface area (Å²) >= 11 is 7.28. The van der Waals surface area contributed by atoms with Crippen LogP contribution in [0.3, 0.4) is 0 Å². The molecular weight excluding hydrogens is 296 g/mol. The maximum absolute atomic E-state index is 11.6. The van der Waals surface area contributed by atoms with Crippen molar-refractivity contribution in [3.63, 3.8) is 0 Å². The summed E-state index contributed by atoms with van der Waals surface area (Å²) < 4.78 is 0.629. The predicted octanol–water partition coefficient (Wildman–Crippen LogP) is 2.98. The quantitative estimate of drug-likeness (QED) is 0.947. The number of thiazole rings is 1. The zero-order chi connectivity index (χ0) is 14.1. The number of aromatic nitrogens is 1. The molecule has 6 heteroatoms. The van der Waals surface area contributed by atoms with Crippen molar-refractivity contribution in [2.45, 2.75) is 19.0 Å². The lowest BCUT2D eigenvalue weighted by Gasteiger charge is -2.34. The average Bonchev–Trinajstić information content (AvgIpc) is 2.83. The maximum Gasteiger partial charge on any atom is 0.325 e. The van der Waals surface area contributed by atoms with Gasteiger partial charge in [-0.3, -0.25) is 9.69 Å². The van der Waals surface area contributed by atoms with E-state index in [0.29, 0.717) is 17.4 Å². The fraction of sp³-hybridized carbons (Fsp3) is 0.286. The van der Waals surface area contributed by atoms with Crippen LogP contribution in [0.25, 0.3) is 0 Å². The Hall–Kier alpha value is -1.43. The molecule has 3 rings (SSSR count). The molecule has 1 aromatic heterocycles. The Morgan fingerprint density at radius 2 is 2.30 bits per heavy atom. The molecule has 1 aromatic carbocycles. The predicted molar refractivity (Wildman–Crippen MR) is 78.1 cm³/mol. The highest BCUT2D eigenvalue weighted by Gasteiger charge is 2.33. The number of benzene rings is 1. The van der Waals surface area contributed by atoms with E-state index in [1.165, 1.54) is 11.3 Å². The number of aliphatic carboxylic acids is 1. The van der Waals surface area contributed by atoms with Crippen LogP contribution < -0.4 is 0 Å². The van der Waals surface area contributed by atoms with E-state index in [9.17, 15) is 9.90 Å². The molecule has 0 bridgehead atoms. The molecule has 2 aromatic rings. The van der Waals surface area contributed by atoms with E-state index >= 15 is 0 Å². The maximum atomic E-state index is 11.6. The minimum absolute atomic E-state index is 0.517. The second kappa shape index (κ2) is 5.52. The first kappa shape index (κ1) is 13.5. The molecule has 4 nitrogen and oxygen atoms in total.